The molecule has 7 nitrogen and oxygen atoms in total. The van der Waals surface area contributed by atoms with Gasteiger partial charge in [-0.1, -0.05) is 0 Å². The number of nitrogens with one attached hydrogen (secondary N) is 2. The summed E-state index contributed by atoms with van der Waals surface area (Å²) in [7, 11) is 2.97. The molecule has 7 heteroatoms. The van der Waals surface area contributed by atoms with E-state index >= 15 is 0 Å². The normalized spacial score (nSPS) is 10.3. The molecule has 0 bridgehead atoms. The molecule has 0 radical (unpaired) electrons. The maximum absolute atomic E-state index is 11.4. The summed E-state index contributed by atoms with van der Waals surface area (Å²) in [4.78, 5) is 19.5. The van der Waals surface area contributed by atoms with Gasteiger partial charge in [0.05, 0.1) is 13.7 Å². The second-order valence-corrected chi connectivity index (χ2v) is 3.88. The molecule has 19 heavy (non-hydrogen) atoms. The van der Waals surface area contributed by atoms with Crippen LogP contribution in [0.15, 0.2) is 6.07 Å². The average molecular weight is 268 g/mol. The minimum atomic E-state index is -0.537. The Balaban J connectivity index is 2.45. The van der Waals surface area contributed by atoms with Crippen LogP contribution in [0, 0.1) is 6.92 Å². The van der Waals surface area contributed by atoms with Gasteiger partial charge in [-0.3, -0.25) is 0 Å². The Morgan fingerprint density at radius 1 is 1.26 bits per heavy atom. The van der Waals surface area contributed by atoms with Crippen molar-refractivity contribution in [3.05, 3.63) is 17.6 Å². The highest BCUT2D eigenvalue weighted by atomic mass is 16.5. The Morgan fingerprint density at radius 3 is 2.74 bits per heavy atom. The molecule has 1 aromatic heterocycles. The fraction of sp³-hybridized carbons (Fsp3) is 0.583. The van der Waals surface area contributed by atoms with Gasteiger partial charge in [-0.2, -0.15) is 0 Å². The van der Waals surface area contributed by atoms with Gasteiger partial charge in [0.2, 0.25) is 5.82 Å². The number of nitrogens with zero attached hydrogens (tertiary/aromatic N) is 2. The molecular formula is C12H20N4O3. The van der Waals surface area contributed by atoms with Crippen LogP contribution in [0.5, 0.6) is 0 Å². The number of carbonyl (C=O) groups is 1. The molecule has 2 N–H and O–H groups in total. The molecule has 106 valence electrons. The molecule has 1 rings (SSSR count). The van der Waals surface area contributed by atoms with Crippen LogP contribution in [0.25, 0.3) is 0 Å². The van der Waals surface area contributed by atoms with E-state index in [1.165, 1.54) is 7.11 Å². The maximum Gasteiger partial charge on any atom is 0.376 e. The summed E-state index contributed by atoms with van der Waals surface area (Å²) in [6.07, 6.45) is 0. The Kier molecular flexibility index (Phi) is 6.76. The summed E-state index contributed by atoms with van der Waals surface area (Å²) in [6.45, 7) is 4.75. The molecule has 0 unspecified atom stereocenters. The Labute approximate surface area is 112 Å². The summed E-state index contributed by atoms with van der Waals surface area (Å²) in [6, 6.07) is 1.78. The van der Waals surface area contributed by atoms with E-state index in [9.17, 15) is 4.79 Å². The summed E-state index contributed by atoms with van der Waals surface area (Å²) in [5.74, 6) is 0.142. The number of esters is 1. The molecule has 0 saturated heterocycles. The topological polar surface area (TPSA) is 85.4 Å². The summed E-state index contributed by atoms with van der Waals surface area (Å²) < 4.78 is 9.52. The van der Waals surface area contributed by atoms with Gasteiger partial charge in [-0.05, 0) is 6.92 Å². The van der Waals surface area contributed by atoms with E-state index in [0.29, 0.717) is 24.7 Å². The Hall–Kier alpha value is -1.73. The van der Waals surface area contributed by atoms with E-state index in [1.54, 1.807) is 20.1 Å². The van der Waals surface area contributed by atoms with Crippen LogP contribution in [0.4, 0.5) is 5.82 Å². The predicted octanol–water partition coefficient (Wildman–Crippen LogP) is 0.220. The van der Waals surface area contributed by atoms with Crippen molar-refractivity contribution in [3.63, 3.8) is 0 Å². The number of aromatic nitrogens is 2. The minimum Gasteiger partial charge on any atom is -0.463 e. The van der Waals surface area contributed by atoms with Crippen LogP contribution >= 0.6 is 0 Å². The van der Waals surface area contributed by atoms with Crippen molar-refractivity contribution in [2.24, 2.45) is 0 Å². The van der Waals surface area contributed by atoms with Crippen LogP contribution in [-0.4, -0.2) is 56.4 Å². The number of methoxy groups -OCH3 is 2. The molecule has 0 aliphatic carbocycles. The molecule has 1 heterocycles. The number of aryl methyl sites for hydroxylation is 1. The van der Waals surface area contributed by atoms with E-state index in [-0.39, 0.29) is 5.82 Å². The van der Waals surface area contributed by atoms with Crippen molar-refractivity contribution in [1.29, 1.82) is 0 Å². The molecule has 0 aliphatic heterocycles. The second-order valence-electron chi connectivity index (χ2n) is 3.88. The van der Waals surface area contributed by atoms with Gasteiger partial charge in [0.15, 0.2) is 0 Å². The lowest BCUT2D eigenvalue weighted by atomic mass is 10.4. The highest BCUT2D eigenvalue weighted by Gasteiger charge is 2.10. The second kappa shape index (κ2) is 8.39. The molecule has 0 aliphatic rings. The third-order valence-corrected chi connectivity index (χ3v) is 2.31. The zero-order valence-electron chi connectivity index (χ0n) is 11.5. The van der Waals surface area contributed by atoms with Crippen LogP contribution in [0.2, 0.25) is 0 Å². The van der Waals surface area contributed by atoms with E-state index in [1.807, 2.05) is 0 Å². The Morgan fingerprint density at radius 2 is 2.05 bits per heavy atom. The first-order valence-corrected chi connectivity index (χ1v) is 6.05. The zero-order chi connectivity index (χ0) is 14.1. The molecule has 0 amide bonds. The quantitative estimate of drug-likeness (QED) is 0.515. The summed E-state index contributed by atoms with van der Waals surface area (Å²) in [5.41, 5.74) is 0.713. The van der Waals surface area contributed by atoms with Crippen molar-refractivity contribution in [1.82, 2.24) is 15.3 Å². The van der Waals surface area contributed by atoms with Crippen molar-refractivity contribution < 1.29 is 14.3 Å². The van der Waals surface area contributed by atoms with Gasteiger partial charge in [-0.25, -0.2) is 14.8 Å². The maximum atomic E-state index is 11.4. The Bertz CT molecular complexity index is 412. The molecule has 1 aromatic rings. The van der Waals surface area contributed by atoms with Gasteiger partial charge in [0.1, 0.15) is 5.82 Å². The van der Waals surface area contributed by atoms with E-state index in [0.717, 1.165) is 13.1 Å². The average Bonchev–Trinajstić information content (AvgIpc) is 2.41. The summed E-state index contributed by atoms with van der Waals surface area (Å²) >= 11 is 0. The first kappa shape index (κ1) is 15.3. The third-order valence-electron chi connectivity index (χ3n) is 2.31. The number of anilines is 1. The van der Waals surface area contributed by atoms with Gasteiger partial charge in [0.25, 0.3) is 0 Å². The van der Waals surface area contributed by atoms with E-state index < -0.39 is 5.97 Å². The van der Waals surface area contributed by atoms with Crippen LogP contribution < -0.4 is 10.6 Å². The molecular weight excluding hydrogens is 248 g/mol. The third kappa shape index (κ3) is 5.62. The van der Waals surface area contributed by atoms with Crippen LogP contribution in [0.1, 0.15) is 16.3 Å². The van der Waals surface area contributed by atoms with Crippen molar-refractivity contribution in [2.45, 2.75) is 6.92 Å². The summed E-state index contributed by atoms with van der Waals surface area (Å²) in [5, 5.41) is 6.32. The highest BCUT2D eigenvalue weighted by molar-refractivity contribution is 5.85. The molecule has 0 spiro atoms. The smallest absolute Gasteiger partial charge is 0.376 e. The molecule has 0 saturated carbocycles. The fourth-order valence-corrected chi connectivity index (χ4v) is 1.42. The fourth-order valence-electron chi connectivity index (χ4n) is 1.42. The first-order valence-electron chi connectivity index (χ1n) is 6.05. The largest absolute Gasteiger partial charge is 0.463 e. The number of carbonyl (C=O) groups excluding carboxylic acids is 1. The predicted molar refractivity (Wildman–Crippen MR) is 71.3 cm³/mol. The van der Waals surface area contributed by atoms with Gasteiger partial charge >= 0.3 is 5.97 Å². The van der Waals surface area contributed by atoms with Crippen LogP contribution in [0.3, 0.4) is 0 Å². The lowest BCUT2D eigenvalue weighted by Crippen LogP contribution is -2.25. The lowest BCUT2D eigenvalue weighted by Gasteiger charge is -2.08. The van der Waals surface area contributed by atoms with Crippen molar-refractivity contribution >= 4 is 11.8 Å². The van der Waals surface area contributed by atoms with Crippen molar-refractivity contribution in [3.8, 4) is 0 Å². The molecule has 0 aromatic carbocycles. The van der Waals surface area contributed by atoms with Gasteiger partial charge < -0.3 is 20.1 Å². The number of ether oxygens (including phenoxy) is 2. The molecule has 0 atom stereocenters. The first-order chi connectivity index (χ1) is 9.17. The number of hydrogen-bond acceptors (Lipinski definition) is 7. The number of rotatable bonds is 8. The van der Waals surface area contributed by atoms with Crippen LogP contribution in [-0.2, 0) is 9.47 Å². The van der Waals surface area contributed by atoms with Gasteiger partial charge in [0, 0.05) is 38.5 Å². The monoisotopic (exact) mass is 268 g/mol. The van der Waals surface area contributed by atoms with E-state index in [2.05, 4.69) is 25.3 Å². The highest BCUT2D eigenvalue weighted by Crippen LogP contribution is 2.06. The molecule has 0 fully saturated rings. The van der Waals surface area contributed by atoms with Crippen molar-refractivity contribution in [2.75, 3.05) is 45.8 Å². The van der Waals surface area contributed by atoms with E-state index in [4.69, 9.17) is 4.74 Å². The number of hydrogen-bond donors (Lipinski definition) is 2. The zero-order valence-corrected chi connectivity index (χ0v) is 11.5. The minimum absolute atomic E-state index is 0.0670. The SMILES string of the molecule is COCCNCCNc1cc(C)nc(C(=O)OC)n1. The standard InChI is InChI=1S/C12H20N4O3/c1-9-8-10(14-5-4-13-6-7-18-2)16-11(15-9)12(17)19-3/h8,13H,4-7H2,1-3H3,(H,14,15,16). The van der Waals surface area contributed by atoms with Gasteiger partial charge in [-0.15, -0.1) is 0 Å². The lowest BCUT2D eigenvalue weighted by molar-refractivity contribution is 0.0586.